The van der Waals surface area contributed by atoms with E-state index in [-0.39, 0.29) is 12.2 Å². The number of rotatable bonds is 6. The zero-order valence-corrected chi connectivity index (χ0v) is 15.1. The zero-order valence-electron chi connectivity index (χ0n) is 14.3. The van der Waals surface area contributed by atoms with E-state index in [0.29, 0.717) is 17.0 Å². The van der Waals surface area contributed by atoms with E-state index < -0.39 is 29.8 Å². The summed E-state index contributed by atoms with van der Waals surface area (Å²) < 4.78 is 43.4. The number of carbonyl (C=O) groups excluding carboxylic acids is 2. The van der Waals surface area contributed by atoms with Crippen LogP contribution >= 0.6 is 11.8 Å². The van der Waals surface area contributed by atoms with Gasteiger partial charge in [-0.3, -0.25) is 0 Å². The number of carbonyl (C=O) groups is 2. The third-order valence-electron chi connectivity index (χ3n) is 3.73. The predicted molar refractivity (Wildman–Crippen MR) is 92.5 cm³/mol. The Hall–Kier alpha value is -2.16. The Labute approximate surface area is 153 Å². The fourth-order valence-electron chi connectivity index (χ4n) is 2.49. The number of allylic oxidation sites excluding steroid dienone is 1. The smallest absolute Gasteiger partial charge is 0.416 e. The lowest BCUT2D eigenvalue weighted by Gasteiger charge is -2.28. The number of ether oxygens (including phenoxy) is 1. The van der Waals surface area contributed by atoms with Gasteiger partial charge in [-0.1, -0.05) is 19.1 Å². The van der Waals surface area contributed by atoms with Gasteiger partial charge < -0.3 is 15.4 Å². The summed E-state index contributed by atoms with van der Waals surface area (Å²) in [6.45, 7) is 3.75. The molecule has 0 unspecified atom stereocenters. The maximum Gasteiger partial charge on any atom is 0.416 e. The van der Waals surface area contributed by atoms with E-state index in [4.69, 9.17) is 4.74 Å². The van der Waals surface area contributed by atoms with Gasteiger partial charge in [0.1, 0.15) is 6.61 Å². The molecule has 1 aromatic rings. The highest BCUT2D eigenvalue weighted by atomic mass is 32.2. The lowest BCUT2D eigenvalue weighted by atomic mass is 9.95. The number of urea groups is 1. The maximum atomic E-state index is 12.7. The normalized spacial score (nSPS) is 17.6. The number of hydrogen-bond donors (Lipinski definition) is 2. The average Bonchev–Trinajstić information content (AvgIpc) is 2.57. The van der Waals surface area contributed by atoms with Gasteiger partial charge >= 0.3 is 18.2 Å². The summed E-state index contributed by atoms with van der Waals surface area (Å²) in [6, 6.07) is 2.90. The second kappa shape index (κ2) is 8.48. The van der Waals surface area contributed by atoms with E-state index in [1.54, 1.807) is 18.7 Å². The van der Waals surface area contributed by atoms with E-state index in [9.17, 15) is 22.8 Å². The Morgan fingerprint density at radius 2 is 1.92 bits per heavy atom. The summed E-state index contributed by atoms with van der Waals surface area (Å²) in [5, 5.41) is 5.05. The van der Waals surface area contributed by atoms with Crippen molar-refractivity contribution in [1.29, 1.82) is 0 Å². The van der Waals surface area contributed by atoms with E-state index in [1.165, 1.54) is 12.1 Å². The minimum Gasteiger partial charge on any atom is -0.461 e. The van der Waals surface area contributed by atoms with Crippen LogP contribution in [0, 0.1) is 0 Å². The van der Waals surface area contributed by atoms with Crippen LogP contribution < -0.4 is 10.6 Å². The van der Waals surface area contributed by atoms with Gasteiger partial charge in [0, 0.05) is 11.4 Å². The highest BCUT2D eigenvalue weighted by molar-refractivity contribution is 7.99. The summed E-state index contributed by atoms with van der Waals surface area (Å²) in [5.74, 6) is 0.918. The number of halogens is 3. The second-order valence-electron chi connectivity index (χ2n) is 5.52. The molecule has 0 saturated heterocycles. The summed E-state index contributed by atoms with van der Waals surface area (Å²) in [7, 11) is 0. The number of amides is 2. The Bertz CT molecular complexity index is 702. The fourth-order valence-corrected chi connectivity index (χ4v) is 2.98. The average molecular weight is 388 g/mol. The van der Waals surface area contributed by atoms with Crippen LogP contribution in [-0.4, -0.2) is 30.1 Å². The van der Waals surface area contributed by atoms with Gasteiger partial charge in [-0.15, -0.1) is 0 Å². The molecule has 0 radical (unpaired) electrons. The van der Waals surface area contributed by atoms with Crippen molar-refractivity contribution in [3.63, 3.8) is 0 Å². The summed E-state index contributed by atoms with van der Waals surface area (Å²) >= 11 is 1.61. The number of esters is 1. The third kappa shape index (κ3) is 4.94. The third-order valence-corrected chi connectivity index (χ3v) is 4.59. The number of hydrogen-bond acceptors (Lipinski definition) is 4. The van der Waals surface area contributed by atoms with Gasteiger partial charge in [0.2, 0.25) is 0 Å². The molecule has 1 atom stereocenters. The van der Waals surface area contributed by atoms with Crippen LogP contribution in [-0.2, 0) is 15.7 Å². The predicted octanol–water partition coefficient (Wildman–Crippen LogP) is 3.63. The van der Waals surface area contributed by atoms with Crippen LogP contribution in [0.5, 0.6) is 0 Å². The first kappa shape index (κ1) is 20.2. The highest BCUT2D eigenvalue weighted by Crippen LogP contribution is 2.32. The van der Waals surface area contributed by atoms with Crippen molar-refractivity contribution in [2.45, 2.75) is 26.1 Å². The van der Waals surface area contributed by atoms with E-state index in [2.05, 4.69) is 10.6 Å². The summed E-state index contributed by atoms with van der Waals surface area (Å²) in [5.41, 5.74) is 0.0441. The van der Waals surface area contributed by atoms with E-state index in [0.717, 1.165) is 17.9 Å². The topological polar surface area (TPSA) is 67.4 Å². The van der Waals surface area contributed by atoms with Crippen molar-refractivity contribution in [2.75, 3.05) is 18.1 Å². The fraction of sp³-hybridized carbons (Fsp3) is 0.412. The molecule has 0 bridgehead atoms. The Kier molecular flexibility index (Phi) is 6.57. The highest BCUT2D eigenvalue weighted by Gasteiger charge is 2.34. The Balaban J connectivity index is 2.24. The molecule has 0 fully saturated rings. The Morgan fingerprint density at radius 1 is 1.27 bits per heavy atom. The van der Waals surface area contributed by atoms with Gasteiger partial charge in [0.15, 0.2) is 0 Å². The molecular formula is C17H19F3N2O3S. The largest absolute Gasteiger partial charge is 0.461 e. The molecule has 0 saturated carbocycles. The molecule has 2 amide bonds. The van der Waals surface area contributed by atoms with Crippen LogP contribution in [0.4, 0.5) is 18.0 Å². The number of thioether (sulfide) groups is 1. The van der Waals surface area contributed by atoms with Gasteiger partial charge in [-0.25, -0.2) is 9.59 Å². The minimum absolute atomic E-state index is 0.172. The molecule has 1 aromatic carbocycles. The van der Waals surface area contributed by atoms with Crippen molar-refractivity contribution in [1.82, 2.24) is 10.6 Å². The summed E-state index contributed by atoms with van der Waals surface area (Å²) in [4.78, 5) is 24.2. The molecular weight excluding hydrogens is 369 g/mol. The van der Waals surface area contributed by atoms with Crippen LogP contribution in [0.25, 0.3) is 0 Å². The molecule has 0 aliphatic carbocycles. The minimum atomic E-state index is -4.46. The lowest BCUT2D eigenvalue weighted by Crippen LogP contribution is -2.45. The Morgan fingerprint density at radius 3 is 2.50 bits per heavy atom. The van der Waals surface area contributed by atoms with Gasteiger partial charge in [0.05, 0.1) is 17.2 Å². The summed E-state index contributed by atoms with van der Waals surface area (Å²) in [6.07, 6.45) is -4.46. The SMILES string of the molecule is CCSCCOC(=O)C1=C(C)NC(=O)N[C@@H]1c1ccc(C(F)(F)F)cc1. The van der Waals surface area contributed by atoms with Crippen molar-refractivity contribution in [2.24, 2.45) is 0 Å². The molecule has 2 N–H and O–H groups in total. The lowest BCUT2D eigenvalue weighted by molar-refractivity contribution is -0.139. The first-order valence-corrected chi connectivity index (χ1v) is 9.09. The van der Waals surface area contributed by atoms with Gasteiger partial charge in [-0.2, -0.15) is 24.9 Å². The van der Waals surface area contributed by atoms with Gasteiger partial charge in [-0.05, 0) is 30.4 Å². The molecule has 0 spiro atoms. The first-order chi connectivity index (χ1) is 12.2. The molecule has 0 aromatic heterocycles. The van der Waals surface area contributed by atoms with Crippen LogP contribution in [0.15, 0.2) is 35.5 Å². The van der Waals surface area contributed by atoms with Crippen LogP contribution in [0.3, 0.4) is 0 Å². The monoisotopic (exact) mass is 388 g/mol. The van der Waals surface area contributed by atoms with Crippen molar-refractivity contribution >= 4 is 23.8 Å². The van der Waals surface area contributed by atoms with Crippen molar-refractivity contribution < 1.29 is 27.5 Å². The molecule has 142 valence electrons. The maximum absolute atomic E-state index is 12.7. The van der Waals surface area contributed by atoms with E-state index in [1.807, 2.05) is 6.92 Å². The molecule has 5 nitrogen and oxygen atoms in total. The molecule has 9 heteroatoms. The quantitative estimate of drug-likeness (QED) is 0.577. The second-order valence-corrected chi connectivity index (χ2v) is 6.92. The molecule has 26 heavy (non-hydrogen) atoms. The van der Waals surface area contributed by atoms with Crippen LogP contribution in [0.1, 0.15) is 31.0 Å². The van der Waals surface area contributed by atoms with Crippen molar-refractivity contribution in [3.8, 4) is 0 Å². The number of alkyl halides is 3. The zero-order chi connectivity index (χ0) is 19.3. The van der Waals surface area contributed by atoms with Gasteiger partial charge in [0.25, 0.3) is 0 Å². The number of nitrogens with one attached hydrogen (secondary N) is 2. The molecule has 1 aliphatic heterocycles. The van der Waals surface area contributed by atoms with E-state index >= 15 is 0 Å². The molecule has 1 aliphatic rings. The molecule has 2 rings (SSSR count). The van der Waals surface area contributed by atoms with Crippen molar-refractivity contribution in [3.05, 3.63) is 46.7 Å². The number of benzene rings is 1. The van der Waals surface area contributed by atoms with Crippen LogP contribution in [0.2, 0.25) is 0 Å². The first-order valence-electron chi connectivity index (χ1n) is 7.94. The molecule has 1 heterocycles. The standard InChI is InChI=1S/C17H19F3N2O3S/c1-3-26-9-8-25-15(23)13-10(2)21-16(24)22-14(13)11-4-6-12(7-5-11)17(18,19)20/h4-7,14H,3,8-9H2,1-2H3,(H2,21,22,24)/t14-/m1/s1.